The van der Waals surface area contributed by atoms with Crippen LogP contribution in [0.25, 0.3) is 11.1 Å². The number of carbonyl (C=O) groups is 2. The minimum absolute atomic E-state index is 0. The molecule has 2 amide bonds. The van der Waals surface area contributed by atoms with Crippen LogP contribution in [-0.4, -0.2) is 24.6 Å². The number of fused-ring (bicyclic) bond motifs is 3. The molecule has 1 aliphatic rings. The smallest absolute Gasteiger partial charge is 0.407 e. The Bertz CT molecular complexity index is 1430. The topological polar surface area (TPSA) is 93.4 Å². The summed E-state index contributed by atoms with van der Waals surface area (Å²) in [6.45, 7) is 2.54. The molecule has 39 heavy (non-hydrogen) atoms. The molecule has 5 rings (SSSR count). The van der Waals surface area contributed by atoms with Crippen molar-refractivity contribution in [3.63, 3.8) is 0 Å². The number of nitrogens with two attached hydrogens (primary N) is 1. The fourth-order valence-electron chi connectivity index (χ4n) is 5.07. The van der Waals surface area contributed by atoms with E-state index >= 15 is 0 Å². The lowest BCUT2D eigenvalue weighted by Gasteiger charge is -2.20. The minimum Gasteiger partial charge on any atom is -0.449 e. The number of hydrogen-bond donors (Lipinski definition) is 3. The number of benzene rings is 4. The van der Waals surface area contributed by atoms with Gasteiger partial charge in [-0.15, -0.1) is 12.4 Å². The first-order chi connectivity index (χ1) is 18.5. The number of anilines is 1. The van der Waals surface area contributed by atoms with Gasteiger partial charge >= 0.3 is 6.09 Å². The van der Waals surface area contributed by atoms with Gasteiger partial charge in [0.05, 0.1) is 0 Å². The first-order valence-electron chi connectivity index (χ1n) is 12.8. The van der Waals surface area contributed by atoms with Gasteiger partial charge in [0.15, 0.2) is 0 Å². The molecule has 7 heteroatoms. The summed E-state index contributed by atoms with van der Waals surface area (Å²) >= 11 is 0. The van der Waals surface area contributed by atoms with Crippen LogP contribution in [0.3, 0.4) is 0 Å². The van der Waals surface area contributed by atoms with E-state index in [0.29, 0.717) is 18.7 Å². The van der Waals surface area contributed by atoms with Crippen molar-refractivity contribution in [3.8, 4) is 11.1 Å². The van der Waals surface area contributed by atoms with E-state index in [1.54, 1.807) is 6.07 Å². The molecule has 0 radical (unpaired) electrons. The van der Waals surface area contributed by atoms with Gasteiger partial charge in [0.2, 0.25) is 5.91 Å². The number of hydrogen-bond acceptors (Lipinski definition) is 4. The largest absolute Gasteiger partial charge is 0.449 e. The molecule has 6 nitrogen and oxygen atoms in total. The second kappa shape index (κ2) is 12.6. The molecule has 1 aliphatic carbocycles. The molecule has 4 N–H and O–H groups in total. The Kier molecular flexibility index (Phi) is 9.02. The third kappa shape index (κ3) is 6.48. The van der Waals surface area contributed by atoms with Gasteiger partial charge in [0.25, 0.3) is 0 Å². The monoisotopic (exact) mass is 541 g/mol. The SMILES string of the molecule is Cc1cccc(C[C@H](NC(=O)OCC2c3ccccc3-c3ccccc32)C(=O)Nc2cccc(CN)c2)c1.Cl. The van der Waals surface area contributed by atoms with Crippen molar-refractivity contribution >= 4 is 30.1 Å². The van der Waals surface area contributed by atoms with Crippen molar-refractivity contribution in [2.24, 2.45) is 5.73 Å². The van der Waals surface area contributed by atoms with Crippen molar-refractivity contribution in [3.05, 3.63) is 125 Å². The number of nitrogens with one attached hydrogen (secondary N) is 2. The highest BCUT2D eigenvalue weighted by molar-refractivity contribution is 5.96. The number of amides is 2. The summed E-state index contributed by atoms with van der Waals surface area (Å²) < 4.78 is 5.72. The van der Waals surface area contributed by atoms with Crippen molar-refractivity contribution in [2.75, 3.05) is 11.9 Å². The van der Waals surface area contributed by atoms with Crippen LogP contribution in [-0.2, 0) is 22.5 Å². The molecular formula is C32H32ClN3O3. The lowest BCUT2D eigenvalue weighted by atomic mass is 9.98. The molecule has 4 aromatic rings. The summed E-state index contributed by atoms with van der Waals surface area (Å²) in [5.41, 5.74) is 13.9. The molecule has 0 heterocycles. The maximum atomic E-state index is 13.3. The van der Waals surface area contributed by atoms with Gasteiger partial charge in [-0.2, -0.15) is 0 Å². The molecule has 0 saturated carbocycles. The molecule has 0 aromatic heterocycles. The number of carbonyl (C=O) groups excluding carboxylic acids is 2. The van der Waals surface area contributed by atoms with Crippen LogP contribution in [0.2, 0.25) is 0 Å². The Morgan fingerprint density at radius 2 is 1.49 bits per heavy atom. The van der Waals surface area contributed by atoms with E-state index in [1.807, 2.05) is 73.7 Å². The average molecular weight is 542 g/mol. The quantitative estimate of drug-likeness (QED) is 0.256. The zero-order valence-corrected chi connectivity index (χ0v) is 22.5. The van der Waals surface area contributed by atoms with E-state index in [4.69, 9.17) is 10.5 Å². The van der Waals surface area contributed by atoms with Crippen LogP contribution >= 0.6 is 12.4 Å². The molecule has 0 unspecified atom stereocenters. The van der Waals surface area contributed by atoms with Crippen molar-refractivity contribution in [2.45, 2.75) is 31.8 Å². The van der Waals surface area contributed by atoms with E-state index in [9.17, 15) is 9.59 Å². The van der Waals surface area contributed by atoms with Gasteiger partial charge in [-0.3, -0.25) is 4.79 Å². The lowest BCUT2D eigenvalue weighted by Crippen LogP contribution is -2.45. The van der Waals surface area contributed by atoms with Crippen LogP contribution in [0.5, 0.6) is 0 Å². The second-order valence-electron chi connectivity index (χ2n) is 9.61. The highest BCUT2D eigenvalue weighted by Crippen LogP contribution is 2.44. The van der Waals surface area contributed by atoms with Gasteiger partial charge in [-0.05, 0) is 52.4 Å². The number of aryl methyl sites for hydroxylation is 1. The number of halogens is 1. The van der Waals surface area contributed by atoms with Crippen LogP contribution in [0, 0.1) is 6.92 Å². The fourth-order valence-corrected chi connectivity index (χ4v) is 5.07. The van der Waals surface area contributed by atoms with Crippen LogP contribution < -0.4 is 16.4 Å². The van der Waals surface area contributed by atoms with Crippen molar-refractivity contribution in [1.82, 2.24) is 5.32 Å². The first kappa shape index (κ1) is 27.9. The van der Waals surface area contributed by atoms with E-state index in [-0.39, 0.29) is 30.8 Å². The van der Waals surface area contributed by atoms with E-state index in [2.05, 4.69) is 34.9 Å². The zero-order valence-electron chi connectivity index (χ0n) is 21.7. The third-order valence-electron chi connectivity index (χ3n) is 6.90. The highest BCUT2D eigenvalue weighted by Gasteiger charge is 2.30. The van der Waals surface area contributed by atoms with Gasteiger partial charge in [0, 0.05) is 24.6 Å². The van der Waals surface area contributed by atoms with Crippen LogP contribution in [0.1, 0.15) is 33.7 Å². The van der Waals surface area contributed by atoms with Crippen LogP contribution in [0.15, 0.2) is 97.1 Å². The Hall–Kier alpha value is -4.13. The fraction of sp³-hybridized carbons (Fsp3) is 0.188. The van der Waals surface area contributed by atoms with Crippen LogP contribution in [0.4, 0.5) is 10.5 Å². The van der Waals surface area contributed by atoms with E-state index in [1.165, 1.54) is 0 Å². The summed E-state index contributed by atoms with van der Waals surface area (Å²) in [7, 11) is 0. The Labute approximate surface area is 235 Å². The number of alkyl carbamates (subject to hydrolysis) is 1. The number of ether oxygens (including phenoxy) is 1. The molecule has 0 aliphatic heterocycles. The minimum atomic E-state index is -0.825. The summed E-state index contributed by atoms with van der Waals surface area (Å²) in [6, 6.07) is 30.8. The Balaban J connectivity index is 0.00000353. The average Bonchev–Trinajstić information content (AvgIpc) is 3.25. The highest BCUT2D eigenvalue weighted by atomic mass is 35.5. The van der Waals surface area contributed by atoms with Crippen molar-refractivity contribution in [1.29, 1.82) is 0 Å². The van der Waals surface area contributed by atoms with Gasteiger partial charge in [-0.1, -0.05) is 90.5 Å². The standard InChI is InChI=1S/C32H31N3O3.ClH/c1-21-8-6-9-22(16-21)18-30(31(36)34-24-11-7-10-23(17-24)19-33)35-32(37)38-20-29-27-14-4-2-12-25(27)26-13-3-5-15-28(26)29;/h2-17,29-30H,18-20,33H2,1H3,(H,34,36)(H,35,37);1H/t30-;/m0./s1. The second-order valence-corrected chi connectivity index (χ2v) is 9.61. The van der Waals surface area contributed by atoms with E-state index in [0.717, 1.165) is 38.9 Å². The normalized spacial score (nSPS) is 12.5. The van der Waals surface area contributed by atoms with Gasteiger partial charge in [-0.25, -0.2) is 4.79 Å². The zero-order chi connectivity index (χ0) is 26.5. The molecule has 0 saturated heterocycles. The summed E-state index contributed by atoms with van der Waals surface area (Å²) in [5.74, 6) is -0.384. The Morgan fingerprint density at radius 3 is 2.15 bits per heavy atom. The molecule has 0 fully saturated rings. The molecule has 4 aromatic carbocycles. The predicted octanol–water partition coefficient (Wildman–Crippen LogP) is 5.96. The molecule has 0 spiro atoms. The molecular weight excluding hydrogens is 510 g/mol. The van der Waals surface area contributed by atoms with E-state index < -0.39 is 12.1 Å². The van der Waals surface area contributed by atoms with Gasteiger partial charge < -0.3 is 21.1 Å². The maximum absolute atomic E-state index is 13.3. The summed E-state index contributed by atoms with van der Waals surface area (Å²) in [6.07, 6.45) is -0.302. The molecule has 1 atom stereocenters. The summed E-state index contributed by atoms with van der Waals surface area (Å²) in [4.78, 5) is 26.3. The first-order valence-corrected chi connectivity index (χ1v) is 12.8. The lowest BCUT2D eigenvalue weighted by molar-refractivity contribution is -0.118. The Morgan fingerprint density at radius 1 is 0.846 bits per heavy atom. The predicted molar refractivity (Wildman–Crippen MR) is 157 cm³/mol. The summed E-state index contributed by atoms with van der Waals surface area (Å²) in [5, 5.41) is 5.72. The van der Waals surface area contributed by atoms with Crippen molar-refractivity contribution < 1.29 is 14.3 Å². The molecule has 200 valence electrons. The number of rotatable bonds is 8. The maximum Gasteiger partial charge on any atom is 0.407 e. The third-order valence-corrected chi connectivity index (χ3v) is 6.90. The van der Waals surface area contributed by atoms with Gasteiger partial charge in [0.1, 0.15) is 12.6 Å². The molecule has 0 bridgehead atoms.